The molecule has 1 rings (SSSR count). The quantitative estimate of drug-likeness (QED) is 0.715. The molecule has 7 heteroatoms. The summed E-state index contributed by atoms with van der Waals surface area (Å²) in [7, 11) is -3.18. The molecule has 1 heterocycles. The largest absolute Gasteiger partial charge is 0.461 e. The second kappa shape index (κ2) is 5.11. The first-order valence-electron chi connectivity index (χ1n) is 4.81. The average molecular weight is 247 g/mol. The summed E-state index contributed by atoms with van der Waals surface area (Å²) in [5.41, 5.74) is -0.0110. The molecule has 0 aliphatic carbocycles. The molecule has 0 aliphatic heterocycles. The number of aromatic nitrogens is 1. The van der Waals surface area contributed by atoms with E-state index in [4.69, 9.17) is 4.52 Å². The fourth-order valence-corrected chi connectivity index (χ4v) is 1.77. The third kappa shape index (κ3) is 3.34. The Morgan fingerprint density at radius 3 is 2.75 bits per heavy atom. The number of sulfone groups is 1. The van der Waals surface area contributed by atoms with Crippen LogP contribution in [-0.2, 0) is 20.3 Å². The Hall–Kier alpha value is -1.37. The number of carbonyl (C=O) groups excluding carboxylic acids is 1. The van der Waals surface area contributed by atoms with Crippen molar-refractivity contribution in [3.05, 3.63) is 17.5 Å². The fourth-order valence-electron chi connectivity index (χ4n) is 1.00. The van der Waals surface area contributed by atoms with Crippen LogP contribution in [0.5, 0.6) is 0 Å². The third-order valence-electron chi connectivity index (χ3n) is 1.85. The Kier molecular flexibility index (Phi) is 4.05. The first-order valence-corrected chi connectivity index (χ1v) is 6.63. The normalized spacial score (nSPS) is 11.4. The van der Waals surface area contributed by atoms with Crippen molar-refractivity contribution in [2.75, 3.05) is 12.4 Å². The Morgan fingerprint density at radius 2 is 2.19 bits per heavy atom. The summed E-state index contributed by atoms with van der Waals surface area (Å²) in [6.07, 6.45) is 0. The van der Waals surface area contributed by atoms with Gasteiger partial charge in [-0.1, -0.05) is 12.1 Å². The minimum atomic E-state index is -3.18. The minimum absolute atomic E-state index is 0.0110. The van der Waals surface area contributed by atoms with Crippen LogP contribution in [-0.4, -0.2) is 31.9 Å². The van der Waals surface area contributed by atoms with Crippen molar-refractivity contribution in [1.29, 1.82) is 0 Å². The van der Waals surface area contributed by atoms with Crippen molar-refractivity contribution >= 4 is 15.8 Å². The summed E-state index contributed by atoms with van der Waals surface area (Å²) >= 11 is 0. The summed E-state index contributed by atoms with van der Waals surface area (Å²) < 4.78 is 32.0. The van der Waals surface area contributed by atoms with Gasteiger partial charge in [-0.25, -0.2) is 13.2 Å². The van der Waals surface area contributed by atoms with E-state index in [1.807, 2.05) is 0 Å². The van der Waals surface area contributed by atoms with Crippen molar-refractivity contribution in [2.24, 2.45) is 0 Å². The van der Waals surface area contributed by atoms with Crippen LogP contribution in [0.4, 0.5) is 0 Å². The van der Waals surface area contributed by atoms with Crippen molar-refractivity contribution in [1.82, 2.24) is 5.16 Å². The highest BCUT2D eigenvalue weighted by Gasteiger charge is 2.17. The van der Waals surface area contributed by atoms with Crippen molar-refractivity contribution in [2.45, 2.75) is 19.6 Å². The molecular formula is C9H13NO5S. The Balaban J connectivity index is 2.76. The second-order valence-electron chi connectivity index (χ2n) is 3.08. The van der Waals surface area contributed by atoms with Crippen molar-refractivity contribution in [3.8, 4) is 0 Å². The van der Waals surface area contributed by atoms with Crippen LogP contribution in [0.1, 0.15) is 30.1 Å². The molecule has 0 unspecified atom stereocenters. The van der Waals surface area contributed by atoms with E-state index in [0.717, 1.165) is 0 Å². The Morgan fingerprint density at radius 1 is 1.50 bits per heavy atom. The van der Waals surface area contributed by atoms with Crippen LogP contribution in [0.15, 0.2) is 10.6 Å². The third-order valence-corrected chi connectivity index (χ3v) is 3.45. The lowest BCUT2D eigenvalue weighted by Gasteiger charge is -1.95. The molecule has 0 aliphatic rings. The van der Waals surface area contributed by atoms with Gasteiger partial charge in [-0.3, -0.25) is 0 Å². The molecule has 1 aromatic rings. The summed E-state index contributed by atoms with van der Waals surface area (Å²) in [6, 6.07) is 1.28. The molecule has 16 heavy (non-hydrogen) atoms. The molecule has 0 bridgehead atoms. The van der Waals surface area contributed by atoms with Gasteiger partial charge in [-0.15, -0.1) is 0 Å². The molecule has 90 valence electrons. The highest BCUT2D eigenvalue weighted by Crippen LogP contribution is 2.09. The lowest BCUT2D eigenvalue weighted by molar-refractivity contribution is 0.0514. The monoisotopic (exact) mass is 247 g/mol. The standard InChI is InChI=1S/C9H13NO5S/c1-3-14-9(11)8-5-7(15-10-8)6-16(12,13)4-2/h5H,3-4,6H2,1-2H3. The maximum atomic E-state index is 11.3. The van der Waals surface area contributed by atoms with E-state index >= 15 is 0 Å². The first-order chi connectivity index (χ1) is 7.48. The smallest absolute Gasteiger partial charge is 0.360 e. The number of hydrogen-bond donors (Lipinski definition) is 0. The first kappa shape index (κ1) is 12.7. The second-order valence-corrected chi connectivity index (χ2v) is 5.43. The molecule has 0 spiro atoms. The molecule has 0 amide bonds. The summed E-state index contributed by atoms with van der Waals surface area (Å²) in [5, 5.41) is 3.44. The molecular weight excluding hydrogens is 234 g/mol. The van der Waals surface area contributed by atoms with Crippen LogP contribution in [0.3, 0.4) is 0 Å². The van der Waals surface area contributed by atoms with Gasteiger partial charge in [0.25, 0.3) is 0 Å². The minimum Gasteiger partial charge on any atom is -0.461 e. The van der Waals surface area contributed by atoms with Gasteiger partial charge in [0.1, 0.15) is 5.75 Å². The van der Waals surface area contributed by atoms with Crippen molar-refractivity contribution in [3.63, 3.8) is 0 Å². The number of esters is 1. The number of carbonyl (C=O) groups is 1. The molecule has 0 aromatic carbocycles. The van der Waals surface area contributed by atoms with Gasteiger partial charge in [0.05, 0.1) is 6.61 Å². The zero-order valence-electron chi connectivity index (χ0n) is 9.10. The zero-order chi connectivity index (χ0) is 12.2. The lowest BCUT2D eigenvalue weighted by atomic mass is 10.4. The Labute approximate surface area is 93.5 Å². The average Bonchev–Trinajstić information content (AvgIpc) is 2.66. The summed E-state index contributed by atoms with van der Waals surface area (Å²) in [6.45, 7) is 3.44. The molecule has 0 atom stereocenters. The highest BCUT2D eigenvalue weighted by molar-refractivity contribution is 7.90. The number of nitrogens with zero attached hydrogens (tertiary/aromatic N) is 1. The molecule has 1 aromatic heterocycles. The van der Waals surface area contributed by atoms with Gasteiger partial charge >= 0.3 is 5.97 Å². The van der Waals surface area contributed by atoms with E-state index < -0.39 is 15.8 Å². The van der Waals surface area contributed by atoms with Crippen LogP contribution in [0, 0.1) is 0 Å². The molecule has 0 saturated heterocycles. The van der Waals surface area contributed by atoms with Crippen molar-refractivity contribution < 1.29 is 22.5 Å². The van der Waals surface area contributed by atoms with Gasteiger partial charge in [-0.2, -0.15) is 0 Å². The SMILES string of the molecule is CCOC(=O)c1cc(CS(=O)(=O)CC)on1. The maximum Gasteiger partial charge on any atom is 0.360 e. The molecule has 0 fully saturated rings. The highest BCUT2D eigenvalue weighted by atomic mass is 32.2. The van der Waals surface area contributed by atoms with Crippen LogP contribution in [0.2, 0.25) is 0 Å². The van der Waals surface area contributed by atoms with Crippen LogP contribution < -0.4 is 0 Å². The van der Waals surface area contributed by atoms with E-state index in [-0.39, 0.29) is 29.6 Å². The zero-order valence-corrected chi connectivity index (χ0v) is 9.91. The van der Waals surface area contributed by atoms with E-state index in [1.165, 1.54) is 13.0 Å². The van der Waals surface area contributed by atoms with Gasteiger partial charge < -0.3 is 9.26 Å². The number of ether oxygens (including phenoxy) is 1. The number of rotatable bonds is 5. The Bertz CT molecular complexity index is 462. The molecule has 0 N–H and O–H groups in total. The van der Waals surface area contributed by atoms with Gasteiger partial charge in [0, 0.05) is 11.8 Å². The van der Waals surface area contributed by atoms with Gasteiger partial charge in [-0.05, 0) is 6.92 Å². The van der Waals surface area contributed by atoms with Gasteiger partial charge in [0.2, 0.25) is 0 Å². The molecule has 0 radical (unpaired) electrons. The van der Waals surface area contributed by atoms with Crippen LogP contribution in [0.25, 0.3) is 0 Å². The predicted octanol–water partition coefficient (Wildman–Crippen LogP) is 0.786. The van der Waals surface area contributed by atoms with E-state index in [2.05, 4.69) is 9.89 Å². The van der Waals surface area contributed by atoms with E-state index in [1.54, 1.807) is 6.92 Å². The fraction of sp³-hybridized carbons (Fsp3) is 0.556. The predicted molar refractivity (Wildman–Crippen MR) is 55.6 cm³/mol. The number of hydrogen-bond acceptors (Lipinski definition) is 6. The maximum absolute atomic E-state index is 11.3. The van der Waals surface area contributed by atoms with Gasteiger partial charge in [0.15, 0.2) is 21.3 Å². The molecule has 6 nitrogen and oxygen atoms in total. The van der Waals surface area contributed by atoms with E-state index in [0.29, 0.717) is 0 Å². The molecule has 0 saturated carbocycles. The van der Waals surface area contributed by atoms with Crippen LogP contribution >= 0.6 is 0 Å². The summed E-state index contributed by atoms with van der Waals surface area (Å²) in [4.78, 5) is 11.2. The lowest BCUT2D eigenvalue weighted by Crippen LogP contribution is -2.06. The topological polar surface area (TPSA) is 86.5 Å². The van der Waals surface area contributed by atoms with E-state index in [9.17, 15) is 13.2 Å². The summed E-state index contributed by atoms with van der Waals surface area (Å²) in [5.74, 6) is -0.713.